The van der Waals surface area contributed by atoms with Crippen LogP contribution in [-0.2, 0) is 14.3 Å². The van der Waals surface area contributed by atoms with Crippen LogP contribution < -0.4 is 9.47 Å². The van der Waals surface area contributed by atoms with Gasteiger partial charge in [0, 0.05) is 6.42 Å². The Balaban J connectivity index is 0.955. The zero-order valence-corrected chi connectivity index (χ0v) is 31.8. The summed E-state index contributed by atoms with van der Waals surface area (Å²) in [4.78, 5) is 41.2. The summed E-state index contributed by atoms with van der Waals surface area (Å²) in [5.74, 6) is 3.92. The number of hydrogen-bond acceptors (Lipinski definition) is 6. The molecule has 2 aromatic rings. The average Bonchev–Trinajstić information content (AvgIpc) is 3.48. The Bertz CT molecular complexity index is 1670. The lowest BCUT2D eigenvalue weighted by Crippen LogP contribution is -2.51. The first-order valence-electron chi connectivity index (χ1n) is 19.8. The predicted molar refractivity (Wildman–Crippen MR) is 202 cm³/mol. The Labute approximate surface area is 310 Å². The molecule has 3 fully saturated rings. The number of fused-ring (bicyclic) bond motifs is 5. The molecule has 0 amide bonds. The van der Waals surface area contributed by atoms with Crippen LogP contribution in [0.15, 0.2) is 60.2 Å². The smallest absolute Gasteiger partial charge is 0.343 e. The van der Waals surface area contributed by atoms with Crippen molar-refractivity contribution in [2.45, 2.75) is 124 Å². The van der Waals surface area contributed by atoms with Crippen molar-refractivity contribution in [3.63, 3.8) is 0 Å². The summed E-state index contributed by atoms with van der Waals surface area (Å²) in [6.07, 6.45) is 15.7. The van der Waals surface area contributed by atoms with E-state index in [-0.39, 0.29) is 41.6 Å². The molecule has 278 valence electrons. The second kappa shape index (κ2) is 16.0. The fraction of sp³-hybridized carbons (Fsp3) is 0.600. The van der Waals surface area contributed by atoms with Crippen LogP contribution in [0.3, 0.4) is 0 Å². The second-order valence-electron chi connectivity index (χ2n) is 17.1. The molecule has 2 aromatic carbocycles. The molecule has 7 heteroatoms. The third kappa shape index (κ3) is 8.17. The minimum absolute atomic E-state index is 0.0373. The van der Waals surface area contributed by atoms with Crippen LogP contribution in [0.4, 0.5) is 5.69 Å². The SMILES string of the molecule is [C-]#[N+]c1ccc(OC(=O)c2ccc(OC(=O)CCC(=O)O[C@H]3CC[C@@]4(C)C(=CCC5C4CC[C@@]4(C)C5CC[C@@H]4C(C)CCCC(C)C)C3)cc2)cc1. The van der Waals surface area contributed by atoms with Gasteiger partial charge in [0.2, 0.25) is 0 Å². The molecule has 4 unspecified atom stereocenters. The molecule has 3 saturated carbocycles. The van der Waals surface area contributed by atoms with E-state index in [2.05, 4.69) is 45.5 Å². The molecule has 0 radical (unpaired) electrons. The third-order valence-corrected chi connectivity index (χ3v) is 13.6. The number of allylic oxidation sites excluding steroid dienone is 1. The number of nitrogens with zero attached hydrogens (tertiary/aromatic N) is 1. The van der Waals surface area contributed by atoms with E-state index in [4.69, 9.17) is 20.8 Å². The summed E-state index contributed by atoms with van der Waals surface area (Å²) in [7, 11) is 0. The quantitative estimate of drug-likeness (QED) is 0.0945. The van der Waals surface area contributed by atoms with E-state index < -0.39 is 11.9 Å². The van der Waals surface area contributed by atoms with E-state index in [1.807, 2.05) is 0 Å². The Morgan fingerprint density at radius 2 is 1.52 bits per heavy atom. The van der Waals surface area contributed by atoms with Gasteiger partial charge in [-0.05, 0) is 128 Å². The maximum absolute atomic E-state index is 12.9. The Hall–Kier alpha value is -3.92. The minimum atomic E-state index is -0.565. The topological polar surface area (TPSA) is 83.3 Å². The normalized spacial score (nSPS) is 29.8. The van der Waals surface area contributed by atoms with Crippen LogP contribution in [0, 0.1) is 52.9 Å². The zero-order chi connectivity index (χ0) is 37.0. The molecule has 0 aliphatic heterocycles. The minimum Gasteiger partial charge on any atom is -0.462 e. The van der Waals surface area contributed by atoms with Crippen LogP contribution in [-0.4, -0.2) is 24.0 Å². The van der Waals surface area contributed by atoms with Crippen molar-refractivity contribution in [2.24, 2.45) is 46.3 Å². The summed E-state index contributed by atoms with van der Waals surface area (Å²) in [6, 6.07) is 12.3. The number of carbonyl (C=O) groups is 3. The monoisotopic (exact) mass is 707 g/mol. The van der Waals surface area contributed by atoms with E-state index in [1.165, 1.54) is 74.8 Å². The summed E-state index contributed by atoms with van der Waals surface area (Å²) < 4.78 is 16.7. The fourth-order valence-corrected chi connectivity index (χ4v) is 10.8. The average molecular weight is 708 g/mol. The van der Waals surface area contributed by atoms with Crippen molar-refractivity contribution < 1.29 is 28.6 Å². The van der Waals surface area contributed by atoms with Crippen LogP contribution in [0.1, 0.15) is 128 Å². The summed E-state index contributed by atoms with van der Waals surface area (Å²) in [5.41, 5.74) is 2.89. The van der Waals surface area contributed by atoms with Gasteiger partial charge in [-0.25, -0.2) is 9.64 Å². The highest BCUT2D eigenvalue weighted by atomic mass is 16.5. The van der Waals surface area contributed by atoms with Crippen LogP contribution in [0.5, 0.6) is 11.5 Å². The first kappa shape index (κ1) is 37.8. The van der Waals surface area contributed by atoms with Gasteiger partial charge in [-0.2, -0.15) is 0 Å². The van der Waals surface area contributed by atoms with Gasteiger partial charge >= 0.3 is 17.9 Å². The van der Waals surface area contributed by atoms with Crippen LogP contribution in [0.2, 0.25) is 0 Å². The summed E-state index contributed by atoms with van der Waals surface area (Å²) in [6.45, 7) is 19.4. The molecular formula is C45H57NO6. The van der Waals surface area contributed by atoms with Crippen LogP contribution in [0.25, 0.3) is 4.85 Å². The van der Waals surface area contributed by atoms with Gasteiger partial charge < -0.3 is 14.2 Å². The van der Waals surface area contributed by atoms with Crippen LogP contribution >= 0.6 is 0 Å². The molecule has 4 aliphatic rings. The number of esters is 3. The Kier molecular flexibility index (Phi) is 11.6. The number of benzene rings is 2. The van der Waals surface area contributed by atoms with Gasteiger partial charge in [0.1, 0.15) is 17.6 Å². The molecule has 0 N–H and O–H groups in total. The molecule has 8 atom stereocenters. The maximum Gasteiger partial charge on any atom is 0.343 e. The number of carbonyl (C=O) groups excluding carboxylic acids is 3. The third-order valence-electron chi connectivity index (χ3n) is 13.6. The second-order valence-corrected chi connectivity index (χ2v) is 17.1. The van der Waals surface area contributed by atoms with Gasteiger partial charge in [0.15, 0.2) is 5.69 Å². The first-order chi connectivity index (χ1) is 24.9. The van der Waals surface area contributed by atoms with Crippen molar-refractivity contribution >= 4 is 23.6 Å². The lowest BCUT2D eigenvalue weighted by atomic mass is 9.47. The van der Waals surface area contributed by atoms with E-state index >= 15 is 0 Å². The highest BCUT2D eigenvalue weighted by molar-refractivity contribution is 5.91. The number of ether oxygens (including phenoxy) is 3. The van der Waals surface area contributed by atoms with Crippen molar-refractivity contribution in [3.05, 3.63) is 77.2 Å². The Morgan fingerprint density at radius 1 is 0.827 bits per heavy atom. The fourth-order valence-electron chi connectivity index (χ4n) is 10.8. The van der Waals surface area contributed by atoms with Crippen molar-refractivity contribution in [3.8, 4) is 11.5 Å². The lowest BCUT2D eigenvalue weighted by molar-refractivity contribution is -0.153. The van der Waals surface area contributed by atoms with E-state index in [9.17, 15) is 14.4 Å². The first-order valence-corrected chi connectivity index (χ1v) is 19.8. The van der Waals surface area contributed by atoms with Gasteiger partial charge in [0.05, 0.1) is 25.0 Å². The molecule has 0 spiro atoms. The molecule has 4 aliphatic carbocycles. The van der Waals surface area contributed by atoms with Gasteiger partial charge in [-0.1, -0.05) is 77.7 Å². The van der Waals surface area contributed by atoms with E-state index in [0.717, 1.165) is 61.2 Å². The standard InChI is InChI=1S/C45H57NO6/c1-29(2)8-7-9-30(3)38-20-21-39-37-19-12-32-28-36(24-26-44(32,4)40(37)25-27-45(38,39)5)51-42(48)23-22-41(47)50-34-15-10-31(11-16-34)43(49)52-35-17-13-33(46-6)14-18-35/h10-18,29-30,36-40H,7-9,19-28H2,1-5H3/t30?,36-,37?,38+,39?,40?,44-,45+/m0/s1. The molecule has 7 nitrogen and oxygen atoms in total. The molecule has 52 heavy (non-hydrogen) atoms. The molecule has 0 aromatic heterocycles. The Morgan fingerprint density at radius 3 is 2.23 bits per heavy atom. The highest BCUT2D eigenvalue weighted by Crippen LogP contribution is 2.67. The maximum atomic E-state index is 12.9. The largest absolute Gasteiger partial charge is 0.462 e. The molecule has 0 bridgehead atoms. The van der Waals surface area contributed by atoms with Gasteiger partial charge in [-0.15, -0.1) is 0 Å². The molecule has 0 heterocycles. The van der Waals surface area contributed by atoms with Crippen molar-refractivity contribution in [1.29, 1.82) is 0 Å². The van der Waals surface area contributed by atoms with E-state index in [1.54, 1.807) is 24.3 Å². The predicted octanol–water partition coefficient (Wildman–Crippen LogP) is 11.1. The summed E-state index contributed by atoms with van der Waals surface area (Å²) >= 11 is 0. The van der Waals surface area contributed by atoms with Gasteiger partial charge in [0.25, 0.3) is 0 Å². The molecular weight excluding hydrogens is 650 g/mol. The van der Waals surface area contributed by atoms with Gasteiger partial charge in [-0.3, -0.25) is 9.59 Å². The summed E-state index contributed by atoms with van der Waals surface area (Å²) in [5, 5.41) is 0. The van der Waals surface area contributed by atoms with E-state index in [0.29, 0.717) is 16.9 Å². The lowest BCUT2D eigenvalue weighted by Gasteiger charge is -2.58. The molecule has 0 saturated heterocycles. The van der Waals surface area contributed by atoms with Crippen molar-refractivity contribution in [2.75, 3.05) is 0 Å². The highest BCUT2D eigenvalue weighted by Gasteiger charge is 2.59. The number of hydrogen-bond donors (Lipinski definition) is 0. The number of rotatable bonds is 12. The zero-order valence-electron chi connectivity index (χ0n) is 31.8. The molecule has 6 rings (SSSR count). The van der Waals surface area contributed by atoms with Crippen molar-refractivity contribution in [1.82, 2.24) is 0 Å².